The highest BCUT2D eigenvalue weighted by molar-refractivity contribution is 7.10. The number of rotatable bonds is 4. The summed E-state index contributed by atoms with van der Waals surface area (Å²) in [7, 11) is 0. The number of nitriles is 1. The van der Waals surface area contributed by atoms with Crippen LogP contribution in [0.1, 0.15) is 23.8 Å². The second-order valence-corrected chi connectivity index (χ2v) is 7.45. The van der Waals surface area contributed by atoms with E-state index in [4.69, 9.17) is 0 Å². The highest BCUT2D eigenvalue weighted by atomic mass is 32.1. The molecule has 0 saturated carbocycles. The van der Waals surface area contributed by atoms with Gasteiger partial charge in [0.25, 0.3) is 0 Å². The zero-order chi connectivity index (χ0) is 16.9. The van der Waals surface area contributed by atoms with Gasteiger partial charge in [0.15, 0.2) is 0 Å². The van der Waals surface area contributed by atoms with Gasteiger partial charge in [-0.15, -0.1) is 11.3 Å². The van der Waals surface area contributed by atoms with Crippen LogP contribution in [0.5, 0.6) is 0 Å². The molecule has 6 nitrogen and oxygen atoms in total. The fourth-order valence-corrected chi connectivity index (χ4v) is 4.17. The molecular weight excluding hydrogens is 324 g/mol. The molecule has 7 heteroatoms. The molecule has 0 spiro atoms. The number of hydrogen-bond acceptors (Lipinski definition) is 6. The molecule has 0 unspecified atom stereocenters. The van der Waals surface area contributed by atoms with Gasteiger partial charge in [-0.2, -0.15) is 5.26 Å². The maximum atomic E-state index is 12.5. The van der Waals surface area contributed by atoms with Crippen molar-refractivity contribution in [3.63, 3.8) is 0 Å². The zero-order valence-electron chi connectivity index (χ0n) is 13.8. The van der Waals surface area contributed by atoms with Crippen LogP contribution in [-0.2, 0) is 4.79 Å². The highest BCUT2D eigenvalue weighted by Crippen LogP contribution is 2.25. The topological polar surface area (TPSA) is 70.8 Å². The Kier molecular flexibility index (Phi) is 5.85. The maximum absolute atomic E-state index is 12.5. The van der Waals surface area contributed by atoms with Crippen LogP contribution < -0.4 is 0 Å². The minimum Gasteiger partial charge on any atom is -0.393 e. The summed E-state index contributed by atoms with van der Waals surface area (Å²) in [5.41, 5.74) is 0. The Hall–Kier alpha value is -1.46. The minimum absolute atomic E-state index is 0.163. The van der Waals surface area contributed by atoms with Crippen molar-refractivity contribution >= 4 is 17.2 Å². The average molecular weight is 348 g/mol. The average Bonchev–Trinajstić information content (AvgIpc) is 3.12. The monoisotopic (exact) mass is 348 g/mol. The molecule has 0 aromatic carbocycles. The molecule has 0 radical (unpaired) electrons. The molecule has 2 saturated heterocycles. The van der Waals surface area contributed by atoms with Crippen molar-refractivity contribution in [2.75, 3.05) is 45.8 Å². The van der Waals surface area contributed by atoms with Crippen molar-refractivity contribution in [3.05, 3.63) is 22.4 Å². The van der Waals surface area contributed by atoms with Crippen LogP contribution in [0.2, 0.25) is 0 Å². The third kappa shape index (κ3) is 4.14. The molecule has 3 heterocycles. The predicted octanol–water partition coefficient (Wildman–Crippen LogP) is 0.914. The first kappa shape index (κ1) is 17.4. The molecule has 1 N–H and O–H groups in total. The lowest BCUT2D eigenvalue weighted by Gasteiger charge is -2.38. The molecule has 1 aromatic heterocycles. The van der Waals surface area contributed by atoms with Crippen LogP contribution in [0.3, 0.4) is 0 Å². The fourth-order valence-electron chi connectivity index (χ4n) is 3.37. The first-order valence-corrected chi connectivity index (χ1v) is 9.40. The Labute approximate surface area is 146 Å². The number of piperidine rings is 1. The normalized spacial score (nSPS) is 22.2. The van der Waals surface area contributed by atoms with E-state index in [2.05, 4.69) is 15.9 Å². The molecule has 0 aliphatic carbocycles. The van der Waals surface area contributed by atoms with Gasteiger partial charge >= 0.3 is 0 Å². The van der Waals surface area contributed by atoms with Gasteiger partial charge in [-0.1, -0.05) is 6.07 Å². The van der Waals surface area contributed by atoms with Gasteiger partial charge in [-0.25, -0.2) is 0 Å². The quantitative estimate of drug-likeness (QED) is 0.876. The van der Waals surface area contributed by atoms with E-state index in [-0.39, 0.29) is 18.1 Å². The van der Waals surface area contributed by atoms with Gasteiger partial charge in [0.2, 0.25) is 5.91 Å². The number of likely N-dealkylation sites (tertiary alicyclic amines) is 1. The molecule has 24 heavy (non-hydrogen) atoms. The van der Waals surface area contributed by atoms with Crippen molar-refractivity contribution in [2.24, 2.45) is 0 Å². The van der Waals surface area contributed by atoms with Crippen LogP contribution >= 0.6 is 11.3 Å². The number of carbonyl (C=O) groups is 1. The largest absolute Gasteiger partial charge is 0.393 e. The summed E-state index contributed by atoms with van der Waals surface area (Å²) in [5.74, 6) is 0.163. The number of piperazine rings is 1. The molecule has 0 bridgehead atoms. The molecule has 2 fully saturated rings. The van der Waals surface area contributed by atoms with Crippen LogP contribution in [0.25, 0.3) is 0 Å². The molecular formula is C17H24N4O2S. The zero-order valence-corrected chi connectivity index (χ0v) is 14.6. The smallest absolute Gasteiger partial charge is 0.236 e. The van der Waals surface area contributed by atoms with Crippen LogP contribution in [-0.4, -0.2) is 77.6 Å². The summed E-state index contributed by atoms with van der Waals surface area (Å²) in [6.07, 6.45) is 1.30. The molecule has 1 atom stereocenters. The Morgan fingerprint density at radius 2 is 2.00 bits per heavy atom. The standard InChI is InChI=1S/C17H24N4O2S/c18-12-15(16-2-1-11-24-16)20-7-9-21(10-8-20)17(23)13-19-5-3-14(22)4-6-19/h1-2,11,14-15,22H,3-10,13H2/t15-/m0/s1. The first-order valence-electron chi connectivity index (χ1n) is 8.52. The summed E-state index contributed by atoms with van der Waals surface area (Å²) in [6, 6.07) is 6.16. The molecule has 1 amide bonds. The molecule has 2 aliphatic heterocycles. The van der Waals surface area contributed by atoms with E-state index in [0.717, 1.165) is 43.9 Å². The van der Waals surface area contributed by atoms with E-state index in [1.807, 2.05) is 22.4 Å². The Bertz CT molecular complexity index is 570. The number of aliphatic hydroxyl groups excluding tert-OH is 1. The number of amides is 1. The summed E-state index contributed by atoms with van der Waals surface area (Å²) in [5, 5.41) is 21.0. The minimum atomic E-state index is -0.208. The van der Waals surface area contributed by atoms with Crippen molar-refractivity contribution < 1.29 is 9.90 Å². The highest BCUT2D eigenvalue weighted by Gasteiger charge is 2.28. The van der Waals surface area contributed by atoms with E-state index in [1.165, 1.54) is 0 Å². The number of carbonyl (C=O) groups excluding carboxylic acids is 1. The molecule has 1 aromatic rings. The number of nitrogens with zero attached hydrogens (tertiary/aromatic N) is 4. The summed E-state index contributed by atoms with van der Waals surface area (Å²) >= 11 is 1.61. The van der Waals surface area contributed by atoms with Gasteiger partial charge in [0, 0.05) is 44.1 Å². The lowest BCUT2D eigenvalue weighted by atomic mass is 10.1. The molecule has 2 aliphatic rings. The van der Waals surface area contributed by atoms with Crippen LogP contribution in [0.4, 0.5) is 0 Å². The predicted molar refractivity (Wildman–Crippen MR) is 92.5 cm³/mol. The Balaban J connectivity index is 1.48. The SMILES string of the molecule is N#C[C@@H](c1cccs1)N1CCN(C(=O)CN2CCC(O)CC2)CC1. The van der Waals surface area contributed by atoms with E-state index in [0.29, 0.717) is 19.6 Å². The third-order valence-electron chi connectivity index (χ3n) is 4.88. The van der Waals surface area contributed by atoms with E-state index < -0.39 is 0 Å². The van der Waals surface area contributed by atoms with Crippen molar-refractivity contribution in [1.29, 1.82) is 5.26 Å². The van der Waals surface area contributed by atoms with E-state index in [1.54, 1.807) is 11.3 Å². The second kappa shape index (κ2) is 8.08. The third-order valence-corrected chi connectivity index (χ3v) is 5.81. The van der Waals surface area contributed by atoms with E-state index >= 15 is 0 Å². The molecule has 3 rings (SSSR count). The van der Waals surface area contributed by atoms with E-state index in [9.17, 15) is 15.2 Å². The second-order valence-electron chi connectivity index (χ2n) is 6.47. The van der Waals surface area contributed by atoms with Crippen LogP contribution in [0.15, 0.2) is 17.5 Å². The van der Waals surface area contributed by atoms with Gasteiger partial charge < -0.3 is 10.0 Å². The number of hydrogen-bond donors (Lipinski definition) is 1. The maximum Gasteiger partial charge on any atom is 0.236 e. The Morgan fingerprint density at radius 1 is 1.29 bits per heavy atom. The number of thiophene rings is 1. The van der Waals surface area contributed by atoms with Gasteiger partial charge in [-0.05, 0) is 24.3 Å². The summed E-state index contributed by atoms with van der Waals surface area (Å²) < 4.78 is 0. The first-order chi connectivity index (χ1) is 11.7. The Morgan fingerprint density at radius 3 is 2.58 bits per heavy atom. The van der Waals surface area contributed by atoms with Crippen molar-refractivity contribution in [2.45, 2.75) is 25.0 Å². The number of aliphatic hydroxyl groups is 1. The lowest BCUT2D eigenvalue weighted by Crippen LogP contribution is -2.52. The van der Waals surface area contributed by atoms with Crippen LogP contribution in [0, 0.1) is 11.3 Å². The van der Waals surface area contributed by atoms with Crippen molar-refractivity contribution in [3.8, 4) is 6.07 Å². The lowest BCUT2D eigenvalue weighted by molar-refractivity contribution is -0.134. The summed E-state index contributed by atoms with van der Waals surface area (Å²) in [4.78, 5) is 19.7. The van der Waals surface area contributed by atoms with Gasteiger partial charge in [0.05, 0.1) is 18.7 Å². The van der Waals surface area contributed by atoms with Gasteiger partial charge in [0.1, 0.15) is 6.04 Å². The summed E-state index contributed by atoms with van der Waals surface area (Å²) in [6.45, 7) is 4.86. The fraction of sp³-hybridized carbons (Fsp3) is 0.647. The van der Waals surface area contributed by atoms with Crippen molar-refractivity contribution in [1.82, 2.24) is 14.7 Å². The molecule has 130 valence electrons. The van der Waals surface area contributed by atoms with Gasteiger partial charge in [-0.3, -0.25) is 14.6 Å².